The summed E-state index contributed by atoms with van der Waals surface area (Å²) < 4.78 is 16.5. The molecule has 9 heteroatoms. The maximum atomic E-state index is 13.0. The highest BCUT2D eigenvalue weighted by Gasteiger charge is 2.29. The van der Waals surface area contributed by atoms with Crippen molar-refractivity contribution in [3.63, 3.8) is 0 Å². The Labute approximate surface area is 203 Å². The number of para-hydroxylation sites is 2. The molecule has 35 heavy (non-hydrogen) atoms. The van der Waals surface area contributed by atoms with E-state index >= 15 is 0 Å². The van der Waals surface area contributed by atoms with Crippen LogP contribution in [0.1, 0.15) is 46.9 Å². The number of amides is 1. The number of aromatic nitrogens is 2. The third-order valence-corrected chi connectivity index (χ3v) is 5.75. The van der Waals surface area contributed by atoms with Crippen LogP contribution in [0.3, 0.4) is 0 Å². The van der Waals surface area contributed by atoms with Crippen LogP contribution in [0.4, 0.5) is 0 Å². The molecule has 3 aromatic rings. The van der Waals surface area contributed by atoms with E-state index in [0.717, 1.165) is 16.6 Å². The molecule has 0 saturated carbocycles. The number of esters is 1. The minimum Gasteiger partial charge on any atom is -0.465 e. The number of H-pyrrole nitrogens is 1. The van der Waals surface area contributed by atoms with Crippen LogP contribution in [0.2, 0.25) is 0 Å². The third kappa shape index (κ3) is 6.26. The molecule has 2 atom stereocenters. The van der Waals surface area contributed by atoms with E-state index in [2.05, 4.69) is 15.3 Å². The molecule has 0 aliphatic carbocycles. The molecule has 1 aliphatic heterocycles. The van der Waals surface area contributed by atoms with Crippen LogP contribution >= 0.6 is 0 Å². The number of methoxy groups -OCH3 is 1. The Bertz CT molecular complexity index is 1150. The van der Waals surface area contributed by atoms with E-state index in [1.807, 2.05) is 36.4 Å². The molecule has 0 spiro atoms. The van der Waals surface area contributed by atoms with Gasteiger partial charge < -0.3 is 29.6 Å². The summed E-state index contributed by atoms with van der Waals surface area (Å²) in [5.74, 6) is -0.116. The van der Waals surface area contributed by atoms with Crippen molar-refractivity contribution in [3.05, 3.63) is 77.3 Å². The number of aliphatic hydroxyl groups is 1. The zero-order chi connectivity index (χ0) is 24.6. The molecular formula is C26H29N3O6. The minimum atomic E-state index is -0.615. The van der Waals surface area contributed by atoms with Gasteiger partial charge in [-0.15, -0.1) is 0 Å². The second-order valence-corrected chi connectivity index (χ2v) is 8.22. The Kier molecular flexibility index (Phi) is 8.12. The Morgan fingerprint density at radius 2 is 1.97 bits per heavy atom. The van der Waals surface area contributed by atoms with Gasteiger partial charge in [-0.25, -0.2) is 9.78 Å². The lowest BCUT2D eigenvalue weighted by Gasteiger charge is -2.29. The summed E-state index contributed by atoms with van der Waals surface area (Å²) in [7, 11) is 1.34. The Morgan fingerprint density at radius 1 is 1.17 bits per heavy atom. The maximum absolute atomic E-state index is 13.0. The molecular weight excluding hydrogens is 450 g/mol. The summed E-state index contributed by atoms with van der Waals surface area (Å²) in [6.45, 7) is 0.723. The van der Waals surface area contributed by atoms with Crippen LogP contribution in [-0.4, -0.2) is 53.6 Å². The fraction of sp³-hybridized carbons (Fsp3) is 0.346. The number of allylic oxidation sites excluding steroid dienone is 1. The fourth-order valence-corrected chi connectivity index (χ4v) is 3.90. The summed E-state index contributed by atoms with van der Waals surface area (Å²) in [5, 5.41) is 11.9. The van der Waals surface area contributed by atoms with E-state index in [-0.39, 0.29) is 30.7 Å². The first kappa shape index (κ1) is 24.4. The van der Waals surface area contributed by atoms with Gasteiger partial charge in [-0.05, 0) is 48.7 Å². The van der Waals surface area contributed by atoms with Gasteiger partial charge in [0.05, 0.1) is 36.9 Å². The lowest BCUT2D eigenvalue weighted by Crippen LogP contribution is -2.33. The first-order valence-electron chi connectivity index (χ1n) is 11.6. The molecule has 1 aliphatic rings. The van der Waals surface area contributed by atoms with Crippen LogP contribution in [0, 0.1) is 0 Å². The van der Waals surface area contributed by atoms with Crippen molar-refractivity contribution >= 4 is 22.9 Å². The lowest BCUT2D eigenvalue weighted by atomic mass is 9.92. The van der Waals surface area contributed by atoms with Crippen LogP contribution in [-0.2, 0) is 25.5 Å². The van der Waals surface area contributed by atoms with Crippen molar-refractivity contribution in [2.45, 2.75) is 38.0 Å². The average Bonchev–Trinajstić information content (AvgIpc) is 3.32. The topological polar surface area (TPSA) is 123 Å². The number of fused-ring (bicyclic) bond motifs is 1. The number of ether oxygens (including phenoxy) is 3. The number of benzene rings is 2. The molecule has 0 saturated heterocycles. The predicted molar refractivity (Wildman–Crippen MR) is 128 cm³/mol. The first-order chi connectivity index (χ1) is 17.1. The molecule has 9 nitrogen and oxygen atoms in total. The van der Waals surface area contributed by atoms with Crippen LogP contribution in [0.15, 0.2) is 60.4 Å². The molecule has 2 heterocycles. The lowest BCUT2D eigenvalue weighted by molar-refractivity contribution is -0.146. The number of unbranched alkanes of at least 4 members (excludes halogenated alkanes) is 1. The molecule has 4 rings (SSSR count). The molecule has 0 fully saturated rings. The summed E-state index contributed by atoms with van der Waals surface area (Å²) in [4.78, 5) is 32.4. The van der Waals surface area contributed by atoms with Crippen molar-refractivity contribution < 1.29 is 28.9 Å². The summed E-state index contributed by atoms with van der Waals surface area (Å²) in [6.07, 6.45) is 2.99. The van der Waals surface area contributed by atoms with Gasteiger partial charge in [0.2, 0.25) is 6.29 Å². The normalized spacial score (nSPS) is 17.5. The highest BCUT2D eigenvalue weighted by atomic mass is 16.7. The summed E-state index contributed by atoms with van der Waals surface area (Å²) >= 11 is 0. The highest BCUT2D eigenvalue weighted by molar-refractivity contribution is 5.92. The number of nitrogens with zero attached hydrogens (tertiary/aromatic N) is 1. The monoisotopic (exact) mass is 479 g/mol. The largest absolute Gasteiger partial charge is 0.465 e. The Hall–Kier alpha value is -3.69. The molecule has 0 unspecified atom stereocenters. The highest BCUT2D eigenvalue weighted by Crippen LogP contribution is 2.32. The molecule has 0 bridgehead atoms. The van der Waals surface area contributed by atoms with Crippen molar-refractivity contribution in [1.82, 2.24) is 15.3 Å². The van der Waals surface area contributed by atoms with Gasteiger partial charge >= 0.3 is 5.97 Å². The number of hydrogen-bond acceptors (Lipinski definition) is 7. The third-order valence-electron chi connectivity index (χ3n) is 5.75. The number of rotatable bonds is 10. The number of nitrogens with one attached hydrogen (secondary N) is 2. The second-order valence-electron chi connectivity index (χ2n) is 8.22. The number of carbonyl (C=O) groups excluding carboxylic acids is 2. The number of aromatic amines is 1. The summed E-state index contributed by atoms with van der Waals surface area (Å²) in [6, 6.07) is 14.7. The van der Waals surface area contributed by atoms with E-state index in [1.165, 1.54) is 7.11 Å². The molecule has 0 radical (unpaired) electrons. The molecule has 3 N–H and O–H groups in total. The maximum Gasteiger partial charge on any atom is 0.337 e. The zero-order valence-corrected chi connectivity index (χ0v) is 19.5. The van der Waals surface area contributed by atoms with Crippen LogP contribution < -0.4 is 5.32 Å². The number of aliphatic hydroxyl groups excluding tert-OH is 1. The van der Waals surface area contributed by atoms with Gasteiger partial charge in [0.25, 0.3) is 5.91 Å². The number of hydrogen-bond donors (Lipinski definition) is 3. The van der Waals surface area contributed by atoms with Crippen molar-refractivity contribution in [3.8, 4) is 0 Å². The van der Waals surface area contributed by atoms with Gasteiger partial charge in [0.15, 0.2) is 5.76 Å². The number of carbonyl (C=O) groups is 2. The predicted octanol–water partition coefficient (Wildman–Crippen LogP) is 3.17. The van der Waals surface area contributed by atoms with Crippen molar-refractivity contribution in [2.75, 3.05) is 20.3 Å². The number of imidazole rings is 1. The van der Waals surface area contributed by atoms with E-state index in [9.17, 15) is 9.59 Å². The summed E-state index contributed by atoms with van der Waals surface area (Å²) in [5.41, 5.74) is 3.11. The smallest absolute Gasteiger partial charge is 0.337 e. The molecule has 1 aromatic heterocycles. The van der Waals surface area contributed by atoms with E-state index in [4.69, 9.17) is 19.3 Å². The SMILES string of the molecule is COC(=O)c1ccc([C@@H]2C=C(C(=O)NCc3nc4ccccc4[nH]3)O[C@H](OCCCCO)C2)cc1. The van der Waals surface area contributed by atoms with Crippen LogP contribution in [0.25, 0.3) is 11.0 Å². The van der Waals surface area contributed by atoms with Crippen LogP contribution in [0.5, 0.6) is 0 Å². The van der Waals surface area contributed by atoms with Gasteiger partial charge in [-0.3, -0.25) is 4.79 Å². The second kappa shape index (κ2) is 11.6. The van der Waals surface area contributed by atoms with Gasteiger partial charge in [0, 0.05) is 18.9 Å². The van der Waals surface area contributed by atoms with Gasteiger partial charge in [-0.2, -0.15) is 0 Å². The molecule has 184 valence electrons. The zero-order valence-electron chi connectivity index (χ0n) is 19.5. The average molecular weight is 480 g/mol. The van der Waals surface area contributed by atoms with E-state index in [0.29, 0.717) is 37.3 Å². The van der Waals surface area contributed by atoms with Crippen molar-refractivity contribution in [1.29, 1.82) is 0 Å². The first-order valence-corrected chi connectivity index (χ1v) is 11.6. The standard InChI is InChI=1S/C26H29N3O6/c1-33-26(32)18-10-8-17(9-11-18)19-14-22(35-24(15-19)34-13-5-4-12-30)25(31)27-16-23-28-20-6-2-3-7-21(20)29-23/h2-3,6-11,14,19,24,30H,4-5,12-13,15-16H2,1H3,(H,27,31)(H,28,29)/t19-,24+/m1/s1. The minimum absolute atomic E-state index is 0.0966. The molecule has 2 aromatic carbocycles. The van der Waals surface area contributed by atoms with Gasteiger partial charge in [-0.1, -0.05) is 24.3 Å². The van der Waals surface area contributed by atoms with E-state index < -0.39 is 12.3 Å². The Morgan fingerprint density at radius 3 is 2.71 bits per heavy atom. The van der Waals surface area contributed by atoms with Crippen molar-refractivity contribution in [2.24, 2.45) is 0 Å². The quantitative estimate of drug-likeness (QED) is 0.301. The molecule has 1 amide bonds. The van der Waals surface area contributed by atoms with Gasteiger partial charge in [0.1, 0.15) is 5.82 Å². The Balaban J connectivity index is 1.47. The van der Waals surface area contributed by atoms with E-state index in [1.54, 1.807) is 18.2 Å². The fourth-order valence-electron chi connectivity index (χ4n) is 3.90.